The van der Waals surface area contributed by atoms with Crippen LogP contribution in [0.4, 0.5) is 0 Å². The lowest BCUT2D eigenvalue weighted by Crippen LogP contribution is -2.43. The first-order valence-electron chi connectivity index (χ1n) is 11.4. The number of rotatable bonds is 10. The van der Waals surface area contributed by atoms with Gasteiger partial charge in [0, 0.05) is 25.0 Å². The summed E-state index contributed by atoms with van der Waals surface area (Å²) in [7, 11) is 0. The Morgan fingerprint density at radius 1 is 0.969 bits per heavy atom. The largest absolute Gasteiger partial charge is 0.356 e. The van der Waals surface area contributed by atoms with Gasteiger partial charge < -0.3 is 14.8 Å². The van der Waals surface area contributed by atoms with Crippen molar-refractivity contribution in [2.45, 2.75) is 65.6 Å². The zero-order valence-corrected chi connectivity index (χ0v) is 19.5. The second kappa shape index (κ2) is 10.9. The van der Waals surface area contributed by atoms with Gasteiger partial charge in [0.25, 0.3) is 0 Å². The summed E-state index contributed by atoms with van der Waals surface area (Å²) in [6.07, 6.45) is 1.83. The Balaban J connectivity index is 1.65. The maximum Gasteiger partial charge on any atom is 0.243 e. The van der Waals surface area contributed by atoms with Crippen molar-refractivity contribution in [2.24, 2.45) is 0 Å². The second-order valence-corrected chi connectivity index (χ2v) is 8.71. The minimum Gasteiger partial charge on any atom is -0.356 e. The van der Waals surface area contributed by atoms with E-state index in [0.717, 1.165) is 28.8 Å². The molecule has 170 valence electrons. The number of imidazole rings is 1. The highest BCUT2D eigenvalue weighted by Crippen LogP contribution is 2.18. The summed E-state index contributed by atoms with van der Waals surface area (Å²) in [6, 6.07) is 17.9. The minimum atomic E-state index is 0.0180. The molecule has 0 aliphatic heterocycles. The van der Waals surface area contributed by atoms with Crippen molar-refractivity contribution in [2.75, 3.05) is 6.54 Å². The quantitative estimate of drug-likeness (QED) is 0.491. The molecular formula is C26H34N4O2. The molecule has 0 spiro atoms. The number of amides is 2. The van der Waals surface area contributed by atoms with E-state index in [2.05, 4.69) is 5.32 Å². The van der Waals surface area contributed by atoms with Crippen molar-refractivity contribution < 1.29 is 9.59 Å². The molecule has 0 unspecified atom stereocenters. The molecular weight excluding hydrogens is 400 g/mol. The first-order chi connectivity index (χ1) is 15.4. The molecule has 3 rings (SSSR count). The van der Waals surface area contributed by atoms with E-state index in [1.165, 1.54) is 0 Å². The summed E-state index contributed by atoms with van der Waals surface area (Å²) in [6.45, 7) is 9.03. The lowest BCUT2D eigenvalue weighted by atomic mass is 10.1. The van der Waals surface area contributed by atoms with Crippen molar-refractivity contribution in [3.63, 3.8) is 0 Å². The summed E-state index contributed by atoms with van der Waals surface area (Å²) in [5, 5.41) is 2.99. The number of aromatic nitrogens is 2. The monoisotopic (exact) mass is 434 g/mol. The van der Waals surface area contributed by atoms with Gasteiger partial charge in [0.15, 0.2) is 0 Å². The summed E-state index contributed by atoms with van der Waals surface area (Å²) in [5.74, 6) is 0.990. The van der Waals surface area contributed by atoms with Crippen LogP contribution in [0.2, 0.25) is 0 Å². The SMILES string of the molecule is CC(C)N(C(=O)Cn1c(CCCNC(=O)Cc2ccccc2)nc2ccccc21)C(C)C. The van der Waals surface area contributed by atoms with E-state index in [-0.39, 0.29) is 30.4 Å². The lowest BCUT2D eigenvalue weighted by molar-refractivity contribution is -0.135. The molecule has 0 atom stereocenters. The Morgan fingerprint density at radius 2 is 1.62 bits per heavy atom. The average molecular weight is 435 g/mol. The van der Waals surface area contributed by atoms with Crippen LogP contribution in [0.3, 0.4) is 0 Å². The van der Waals surface area contributed by atoms with Crippen molar-refractivity contribution in [3.8, 4) is 0 Å². The van der Waals surface area contributed by atoms with Crippen LogP contribution in [-0.2, 0) is 29.0 Å². The van der Waals surface area contributed by atoms with Gasteiger partial charge in [-0.25, -0.2) is 4.98 Å². The van der Waals surface area contributed by atoms with Gasteiger partial charge in [-0.05, 0) is 51.8 Å². The Hall–Kier alpha value is -3.15. The van der Waals surface area contributed by atoms with Crippen LogP contribution in [0.25, 0.3) is 11.0 Å². The number of nitrogens with zero attached hydrogens (tertiary/aromatic N) is 3. The molecule has 32 heavy (non-hydrogen) atoms. The van der Waals surface area contributed by atoms with Crippen LogP contribution in [0.5, 0.6) is 0 Å². The first-order valence-corrected chi connectivity index (χ1v) is 11.4. The van der Waals surface area contributed by atoms with Gasteiger partial charge in [0.1, 0.15) is 12.4 Å². The predicted molar refractivity (Wildman–Crippen MR) is 128 cm³/mol. The molecule has 3 aromatic rings. The Bertz CT molecular complexity index is 1030. The highest BCUT2D eigenvalue weighted by atomic mass is 16.2. The molecule has 0 saturated heterocycles. The van der Waals surface area contributed by atoms with E-state index in [1.807, 2.05) is 91.8 Å². The standard InChI is InChI=1S/C26H34N4O2/c1-19(2)30(20(3)4)26(32)18-29-23-14-9-8-13-22(23)28-24(29)15-10-16-27-25(31)17-21-11-6-5-7-12-21/h5-9,11-14,19-20H,10,15-18H2,1-4H3,(H,27,31). The van der Waals surface area contributed by atoms with Gasteiger partial charge in [-0.15, -0.1) is 0 Å². The topological polar surface area (TPSA) is 67.2 Å². The molecule has 0 bridgehead atoms. The number of para-hydroxylation sites is 2. The Morgan fingerprint density at radius 3 is 2.31 bits per heavy atom. The Labute approximate surface area is 190 Å². The summed E-state index contributed by atoms with van der Waals surface area (Å²) in [4.78, 5) is 32.0. The average Bonchev–Trinajstić information content (AvgIpc) is 3.08. The van der Waals surface area contributed by atoms with Gasteiger partial charge in [0.2, 0.25) is 11.8 Å². The number of nitrogens with one attached hydrogen (secondary N) is 1. The maximum atomic E-state index is 13.1. The van der Waals surface area contributed by atoms with E-state index in [4.69, 9.17) is 4.98 Å². The molecule has 6 heteroatoms. The van der Waals surface area contributed by atoms with E-state index in [9.17, 15) is 9.59 Å². The minimum absolute atomic E-state index is 0.0180. The van der Waals surface area contributed by atoms with Crippen molar-refractivity contribution in [3.05, 3.63) is 66.0 Å². The molecule has 2 aromatic carbocycles. The normalized spacial score (nSPS) is 11.3. The molecule has 1 aromatic heterocycles. The lowest BCUT2D eigenvalue weighted by Gasteiger charge is -2.31. The number of hydrogen-bond donors (Lipinski definition) is 1. The van der Waals surface area contributed by atoms with Crippen LogP contribution in [0.1, 0.15) is 45.5 Å². The number of fused-ring (bicyclic) bond motifs is 1. The van der Waals surface area contributed by atoms with Crippen LogP contribution in [-0.4, -0.2) is 44.9 Å². The third kappa shape index (κ3) is 5.96. The number of hydrogen-bond acceptors (Lipinski definition) is 3. The van der Waals surface area contributed by atoms with E-state index in [0.29, 0.717) is 19.4 Å². The van der Waals surface area contributed by atoms with Gasteiger partial charge in [-0.1, -0.05) is 42.5 Å². The number of benzene rings is 2. The highest BCUT2D eigenvalue weighted by Gasteiger charge is 2.22. The molecule has 1 N–H and O–H groups in total. The number of carbonyl (C=O) groups excluding carboxylic acids is 2. The Kier molecular flexibility index (Phi) is 8.03. The molecule has 0 aliphatic rings. The number of aryl methyl sites for hydroxylation is 1. The number of carbonyl (C=O) groups is 2. The van der Waals surface area contributed by atoms with Gasteiger partial charge in [-0.3, -0.25) is 9.59 Å². The zero-order chi connectivity index (χ0) is 23.1. The highest BCUT2D eigenvalue weighted by molar-refractivity contribution is 5.81. The van der Waals surface area contributed by atoms with Crippen LogP contribution in [0.15, 0.2) is 54.6 Å². The third-order valence-electron chi connectivity index (χ3n) is 5.53. The first kappa shape index (κ1) is 23.5. The van der Waals surface area contributed by atoms with Gasteiger partial charge >= 0.3 is 0 Å². The van der Waals surface area contributed by atoms with Gasteiger partial charge in [-0.2, -0.15) is 0 Å². The molecule has 0 radical (unpaired) electrons. The third-order valence-corrected chi connectivity index (χ3v) is 5.53. The fraction of sp³-hybridized carbons (Fsp3) is 0.423. The van der Waals surface area contributed by atoms with Crippen molar-refractivity contribution in [1.82, 2.24) is 19.8 Å². The molecule has 0 aliphatic carbocycles. The van der Waals surface area contributed by atoms with Crippen LogP contribution >= 0.6 is 0 Å². The maximum absolute atomic E-state index is 13.1. The van der Waals surface area contributed by atoms with E-state index >= 15 is 0 Å². The molecule has 1 heterocycles. The molecule has 2 amide bonds. The van der Waals surface area contributed by atoms with Crippen molar-refractivity contribution >= 4 is 22.8 Å². The van der Waals surface area contributed by atoms with Crippen molar-refractivity contribution in [1.29, 1.82) is 0 Å². The molecule has 0 fully saturated rings. The second-order valence-electron chi connectivity index (χ2n) is 8.71. The fourth-order valence-electron chi connectivity index (χ4n) is 4.20. The summed E-state index contributed by atoms with van der Waals surface area (Å²) in [5.41, 5.74) is 2.87. The van der Waals surface area contributed by atoms with Gasteiger partial charge in [0.05, 0.1) is 17.5 Å². The summed E-state index contributed by atoms with van der Waals surface area (Å²) < 4.78 is 2.03. The summed E-state index contributed by atoms with van der Waals surface area (Å²) >= 11 is 0. The van der Waals surface area contributed by atoms with Crippen LogP contribution < -0.4 is 5.32 Å². The van der Waals surface area contributed by atoms with Crippen LogP contribution in [0, 0.1) is 0 Å². The smallest absolute Gasteiger partial charge is 0.243 e. The predicted octanol–water partition coefficient (Wildman–Crippen LogP) is 3.97. The molecule has 6 nitrogen and oxygen atoms in total. The van der Waals surface area contributed by atoms with E-state index in [1.54, 1.807) is 0 Å². The van der Waals surface area contributed by atoms with E-state index < -0.39 is 0 Å². The molecule has 0 saturated carbocycles. The fourth-order valence-corrected chi connectivity index (χ4v) is 4.20. The zero-order valence-electron chi connectivity index (χ0n) is 19.5.